The van der Waals surface area contributed by atoms with Gasteiger partial charge in [0.2, 0.25) is 0 Å². The lowest BCUT2D eigenvalue weighted by Crippen LogP contribution is -2.14. The minimum atomic E-state index is -2.24. The molecule has 0 aromatic rings. The van der Waals surface area contributed by atoms with Gasteiger partial charge in [-0.05, 0) is 5.54 Å². The third kappa shape index (κ3) is 2.38. The summed E-state index contributed by atoms with van der Waals surface area (Å²) in [6, 6.07) is 0. The van der Waals surface area contributed by atoms with Crippen molar-refractivity contribution >= 4 is 9.28 Å². The van der Waals surface area contributed by atoms with Gasteiger partial charge in [-0.1, -0.05) is 13.8 Å². The van der Waals surface area contributed by atoms with Crippen molar-refractivity contribution in [3.8, 4) is 0 Å². The van der Waals surface area contributed by atoms with Crippen LogP contribution in [0.15, 0.2) is 0 Å². The van der Waals surface area contributed by atoms with Crippen LogP contribution in [0.2, 0.25) is 5.54 Å². The molecule has 0 saturated carbocycles. The summed E-state index contributed by atoms with van der Waals surface area (Å²) in [5.41, 5.74) is 0.102. The Morgan fingerprint density at radius 3 is 1.50 bits per heavy atom. The smallest absolute Gasteiger partial charge is 0.318 e. The topological polar surface area (TPSA) is 40.5 Å². The van der Waals surface area contributed by atoms with E-state index in [4.69, 9.17) is 9.59 Å². The summed E-state index contributed by atoms with van der Waals surface area (Å²) in [4.78, 5) is 16.6. The highest BCUT2D eigenvalue weighted by Gasteiger charge is 2.05. The molecule has 0 aliphatic carbocycles. The maximum atomic E-state index is 8.32. The summed E-state index contributed by atoms with van der Waals surface area (Å²) in [6.45, 7) is 3.60. The molecule has 0 bridgehead atoms. The summed E-state index contributed by atoms with van der Waals surface area (Å²) < 4.78 is 0. The van der Waals surface area contributed by atoms with Gasteiger partial charge in [0.25, 0.3) is 0 Å². The predicted octanol–water partition coefficient (Wildman–Crippen LogP) is -0.399. The molecule has 0 unspecified atom stereocenters. The quantitative estimate of drug-likeness (QED) is 0.447. The van der Waals surface area contributed by atoms with Gasteiger partial charge >= 0.3 is 9.28 Å². The lowest BCUT2D eigenvalue weighted by atomic mass is 10.6. The van der Waals surface area contributed by atoms with Crippen molar-refractivity contribution in [3.63, 3.8) is 0 Å². The molecular weight excluding hydrogens is 96.1 g/mol. The van der Waals surface area contributed by atoms with Crippen LogP contribution in [0.1, 0.15) is 13.8 Å². The molecule has 38 valence electrons. The lowest BCUT2D eigenvalue weighted by Gasteiger charge is -1.99. The molecule has 2 nitrogen and oxygen atoms in total. The van der Waals surface area contributed by atoms with E-state index in [1.807, 2.05) is 0 Å². The Kier molecular flexibility index (Phi) is 2.39. The van der Waals surface area contributed by atoms with Crippen molar-refractivity contribution in [1.82, 2.24) is 0 Å². The third-order valence-corrected chi connectivity index (χ3v) is 1.79. The second kappa shape index (κ2) is 2.33. The Hall–Kier alpha value is 0.137. The van der Waals surface area contributed by atoms with Crippen molar-refractivity contribution in [2.45, 2.75) is 19.4 Å². The van der Waals surface area contributed by atoms with Crippen LogP contribution in [0.4, 0.5) is 0 Å². The van der Waals surface area contributed by atoms with Crippen molar-refractivity contribution < 1.29 is 9.59 Å². The molecule has 6 heavy (non-hydrogen) atoms. The molecule has 0 aliphatic heterocycles. The molecule has 0 aliphatic rings. The van der Waals surface area contributed by atoms with Crippen LogP contribution in [-0.2, 0) is 0 Å². The molecule has 2 N–H and O–H groups in total. The van der Waals surface area contributed by atoms with Crippen LogP contribution in [0.5, 0.6) is 0 Å². The fourth-order valence-corrected chi connectivity index (χ4v) is 0. The van der Waals surface area contributed by atoms with Gasteiger partial charge in [0, 0.05) is 0 Å². The molecule has 0 aromatic heterocycles. The average Bonchev–Trinajstić information content (AvgIpc) is 1.36. The summed E-state index contributed by atoms with van der Waals surface area (Å²) in [7, 11) is -2.24. The van der Waals surface area contributed by atoms with Crippen LogP contribution in [-0.4, -0.2) is 18.9 Å². The first-order chi connectivity index (χ1) is 2.64. The predicted molar refractivity (Wildman–Crippen MR) is 26.7 cm³/mol. The van der Waals surface area contributed by atoms with Crippen molar-refractivity contribution in [3.05, 3.63) is 0 Å². The monoisotopic (exact) mass is 106 g/mol. The van der Waals surface area contributed by atoms with Gasteiger partial charge in [-0.3, -0.25) is 0 Å². The van der Waals surface area contributed by atoms with Crippen LogP contribution in [0.25, 0.3) is 0 Å². The van der Waals surface area contributed by atoms with Crippen LogP contribution in [0, 0.1) is 0 Å². The second-order valence-electron chi connectivity index (χ2n) is 1.66. The first-order valence-corrected chi connectivity index (χ1v) is 3.70. The van der Waals surface area contributed by atoms with E-state index in [9.17, 15) is 0 Å². The van der Waals surface area contributed by atoms with Gasteiger partial charge in [0.05, 0.1) is 0 Å². The van der Waals surface area contributed by atoms with E-state index >= 15 is 0 Å². The van der Waals surface area contributed by atoms with Gasteiger partial charge in [0.15, 0.2) is 0 Å². The first kappa shape index (κ1) is 6.14. The maximum Gasteiger partial charge on any atom is 0.318 e. The average molecular weight is 106 g/mol. The summed E-state index contributed by atoms with van der Waals surface area (Å²) >= 11 is 0. The van der Waals surface area contributed by atoms with E-state index in [1.54, 1.807) is 13.8 Å². The normalized spacial score (nSPS) is 11.0. The molecule has 0 rings (SSSR count). The van der Waals surface area contributed by atoms with Gasteiger partial charge < -0.3 is 9.59 Å². The molecule has 3 heteroatoms. The molecule has 0 atom stereocenters. The maximum absolute atomic E-state index is 8.32. The van der Waals surface area contributed by atoms with E-state index in [2.05, 4.69) is 0 Å². The van der Waals surface area contributed by atoms with E-state index in [0.29, 0.717) is 0 Å². The Bertz CT molecular complexity index is 29.8. The zero-order chi connectivity index (χ0) is 5.15. The molecule has 0 radical (unpaired) electrons. The van der Waals surface area contributed by atoms with E-state index in [-0.39, 0.29) is 5.54 Å². The van der Waals surface area contributed by atoms with Crippen molar-refractivity contribution in [2.75, 3.05) is 0 Å². The SMILES string of the molecule is CC(C)[SiH](O)O. The molecular formula is C3H10O2Si. The molecule has 0 fully saturated rings. The second-order valence-corrected chi connectivity index (χ2v) is 3.82. The van der Waals surface area contributed by atoms with Crippen molar-refractivity contribution in [1.29, 1.82) is 0 Å². The van der Waals surface area contributed by atoms with Crippen LogP contribution in [0.3, 0.4) is 0 Å². The summed E-state index contributed by atoms with van der Waals surface area (Å²) in [5.74, 6) is 0. The Balaban J connectivity index is 2.99. The molecule has 0 aromatic carbocycles. The number of hydrogen-bond acceptors (Lipinski definition) is 2. The van der Waals surface area contributed by atoms with Gasteiger partial charge in [0.1, 0.15) is 0 Å². The standard InChI is InChI=1S/C3H10O2Si/c1-3(2)6(4)5/h3-6H,1-2H3. The summed E-state index contributed by atoms with van der Waals surface area (Å²) in [5, 5.41) is 0. The minimum Gasteiger partial charge on any atom is -0.413 e. The zero-order valence-corrected chi connectivity index (χ0v) is 5.20. The highest BCUT2D eigenvalue weighted by atomic mass is 28.3. The van der Waals surface area contributed by atoms with Crippen LogP contribution < -0.4 is 0 Å². The minimum absolute atomic E-state index is 0.102. The van der Waals surface area contributed by atoms with E-state index in [1.165, 1.54) is 0 Å². The van der Waals surface area contributed by atoms with Gasteiger partial charge in [-0.2, -0.15) is 0 Å². The number of rotatable bonds is 1. The number of hydrogen-bond donors (Lipinski definition) is 2. The Labute approximate surface area is 39.3 Å². The van der Waals surface area contributed by atoms with E-state index in [0.717, 1.165) is 0 Å². The molecule has 0 spiro atoms. The van der Waals surface area contributed by atoms with Crippen LogP contribution >= 0.6 is 0 Å². The Morgan fingerprint density at radius 2 is 1.50 bits per heavy atom. The fourth-order valence-electron chi connectivity index (χ4n) is 0. The molecule has 0 amide bonds. The molecule has 0 heterocycles. The van der Waals surface area contributed by atoms with Crippen molar-refractivity contribution in [2.24, 2.45) is 0 Å². The summed E-state index contributed by atoms with van der Waals surface area (Å²) in [6.07, 6.45) is 0. The van der Waals surface area contributed by atoms with Gasteiger partial charge in [-0.25, -0.2) is 0 Å². The largest absolute Gasteiger partial charge is 0.413 e. The Morgan fingerprint density at radius 1 is 1.33 bits per heavy atom. The first-order valence-electron chi connectivity index (χ1n) is 2.00. The molecule has 0 saturated heterocycles. The van der Waals surface area contributed by atoms with E-state index < -0.39 is 9.28 Å². The fraction of sp³-hybridized carbons (Fsp3) is 1.00. The highest BCUT2D eigenvalue weighted by Crippen LogP contribution is 1.98. The zero-order valence-electron chi connectivity index (χ0n) is 4.05. The van der Waals surface area contributed by atoms with Gasteiger partial charge in [-0.15, -0.1) is 0 Å². The third-order valence-electron chi connectivity index (χ3n) is 0.596. The highest BCUT2D eigenvalue weighted by molar-refractivity contribution is 6.42. The lowest BCUT2D eigenvalue weighted by molar-refractivity contribution is 0.392.